The van der Waals surface area contributed by atoms with E-state index in [0.29, 0.717) is 29.2 Å². The maximum Gasteiger partial charge on any atom is 0.272 e. The van der Waals surface area contributed by atoms with Gasteiger partial charge in [0.05, 0.1) is 4.92 Å². The predicted octanol–water partition coefficient (Wildman–Crippen LogP) is 3.83. The highest BCUT2D eigenvalue weighted by Crippen LogP contribution is 2.26. The van der Waals surface area contributed by atoms with Gasteiger partial charge in [0.15, 0.2) is 0 Å². The van der Waals surface area contributed by atoms with Gasteiger partial charge < -0.3 is 9.80 Å². The third-order valence-corrected chi connectivity index (χ3v) is 4.95. The quantitative estimate of drug-likeness (QED) is 0.605. The predicted molar refractivity (Wildman–Crippen MR) is 102 cm³/mol. The summed E-state index contributed by atoms with van der Waals surface area (Å²) in [7, 11) is 0. The molecule has 3 rings (SSSR count). The highest BCUT2D eigenvalue weighted by molar-refractivity contribution is 6.30. The van der Waals surface area contributed by atoms with Gasteiger partial charge in [0.25, 0.3) is 11.6 Å². The van der Waals surface area contributed by atoms with Gasteiger partial charge in [-0.1, -0.05) is 17.7 Å². The molecule has 26 heavy (non-hydrogen) atoms. The van der Waals surface area contributed by atoms with E-state index in [-0.39, 0.29) is 11.6 Å². The Balaban J connectivity index is 1.70. The van der Waals surface area contributed by atoms with Gasteiger partial charge in [-0.25, -0.2) is 0 Å². The van der Waals surface area contributed by atoms with E-state index in [9.17, 15) is 14.9 Å². The number of anilines is 1. The molecular formula is C19H20ClN3O3. The molecule has 0 atom stereocenters. The molecule has 1 saturated heterocycles. The Morgan fingerprint density at radius 2 is 1.73 bits per heavy atom. The van der Waals surface area contributed by atoms with Gasteiger partial charge >= 0.3 is 0 Å². The fourth-order valence-corrected chi connectivity index (χ4v) is 3.42. The summed E-state index contributed by atoms with van der Waals surface area (Å²) in [4.78, 5) is 27.2. The van der Waals surface area contributed by atoms with Gasteiger partial charge in [-0.2, -0.15) is 0 Å². The molecule has 1 aliphatic rings. The molecule has 7 heteroatoms. The average Bonchev–Trinajstić information content (AvgIpc) is 2.63. The summed E-state index contributed by atoms with van der Waals surface area (Å²) >= 11 is 6.11. The zero-order valence-corrected chi connectivity index (χ0v) is 15.5. The molecule has 2 aromatic carbocycles. The van der Waals surface area contributed by atoms with Crippen LogP contribution in [0.25, 0.3) is 0 Å². The third-order valence-electron chi connectivity index (χ3n) is 4.72. The zero-order chi connectivity index (χ0) is 18.8. The number of hydrogen-bond acceptors (Lipinski definition) is 4. The smallest absolute Gasteiger partial charge is 0.272 e. The van der Waals surface area contributed by atoms with Crippen LogP contribution in [0, 0.1) is 24.0 Å². The van der Waals surface area contributed by atoms with E-state index in [4.69, 9.17) is 11.6 Å². The van der Waals surface area contributed by atoms with Crippen LogP contribution in [0.4, 0.5) is 11.4 Å². The summed E-state index contributed by atoms with van der Waals surface area (Å²) in [5.41, 5.74) is 3.26. The van der Waals surface area contributed by atoms with Gasteiger partial charge in [0.1, 0.15) is 0 Å². The minimum absolute atomic E-state index is 0.0304. The van der Waals surface area contributed by atoms with Crippen LogP contribution in [0.3, 0.4) is 0 Å². The van der Waals surface area contributed by atoms with Gasteiger partial charge in [-0.05, 0) is 43.7 Å². The van der Waals surface area contributed by atoms with E-state index in [1.165, 1.54) is 12.1 Å². The number of nitrogens with zero attached hydrogens (tertiary/aromatic N) is 3. The van der Waals surface area contributed by atoms with Crippen LogP contribution in [-0.2, 0) is 0 Å². The fourth-order valence-electron chi connectivity index (χ4n) is 3.25. The van der Waals surface area contributed by atoms with E-state index < -0.39 is 4.92 Å². The van der Waals surface area contributed by atoms with Crippen LogP contribution in [-0.4, -0.2) is 41.9 Å². The van der Waals surface area contributed by atoms with Crippen molar-refractivity contribution in [2.75, 3.05) is 31.1 Å². The van der Waals surface area contributed by atoms with E-state index in [1.54, 1.807) is 17.9 Å². The topological polar surface area (TPSA) is 66.7 Å². The molecule has 0 bridgehead atoms. The number of amides is 1. The molecule has 1 fully saturated rings. The summed E-state index contributed by atoms with van der Waals surface area (Å²) in [6.07, 6.45) is 0. The van der Waals surface area contributed by atoms with Crippen molar-refractivity contribution in [2.45, 2.75) is 13.8 Å². The second kappa shape index (κ2) is 7.33. The molecule has 0 spiro atoms. The highest BCUT2D eigenvalue weighted by atomic mass is 35.5. The Labute approximate surface area is 157 Å². The summed E-state index contributed by atoms with van der Waals surface area (Å²) in [6, 6.07) is 10.3. The first-order valence-corrected chi connectivity index (χ1v) is 8.80. The standard InChI is InChI=1S/C19H20ClN3O3/c1-13-3-5-16(20)12-18(13)21-7-9-22(10-8-21)19(24)15-4-6-17(23(25)26)14(2)11-15/h3-6,11-12H,7-10H2,1-2H3. The van der Waals surface area contributed by atoms with Crippen molar-refractivity contribution in [1.29, 1.82) is 0 Å². The Bertz CT molecular complexity index is 861. The van der Waals surface area contributed by atoms with Crippen LogP contribution in [0.2, 0.25) is 5.02 Å². The summed E-state index contributed by atoms with van der Waals surface area (Å²) in [5, 5.41) is 11.6. The van der Waals surface area contributed by atoms with Crippen LogP contribution >= 0.6 is 11.6 Å². The number of nitro benzene ring substituents is 1. The van der Waals surface area contributed by atoms with Crippen molar-refractivity contribution in [3.63, 3.8) is 0 Å². The van der Waals surface area contributed by atoms with Crippen LogP contribution in [0.15, 0.2) is 36.4 Å². The first-order valence-electron chi connectivity index (χ1n) is 8.42. The molecule has 1 amide bonds. The number of carbonyl (C=O) groups is 1. The number of benzene rings is 2. The lowest BCUT2D eigenvalue weighted by Gasteiger charge is -2.37. The molecule has 0 unspecified atom stereocenters. The largest absolute Gasteiger partial charge is 0.368 e. The Hall–Kier alpha value is -2.60. The van der Waals surface area contributed by atoms with Gasteiger partial charge in [0.2, 0.25) is 0 Å². The van der Waals surface area contributed by atoms with Crippen molar-refractivity contribution >= 4 is 28.9 Å². The first-order chi connectivity index (χ1) is 12.4. The Kier molecular flexibility index (Phi) is 5.13. The van der Waals surface area contributed by atoms with Crippen molar-refractivity contribution in [3.8, 4) is 0 Å². The van der Waals surface area contributed by atoms with Crippen LogP contribution in [0.5, 0.6) is 0 Å². The number of aryl methyl sites for hydroxylation is 2. The number of hydrogen-bond donors (Lipinski definition) is 0. The van der Waals surface area contributed by atoms with Gasteiger partial charge in [0, 0.05) is 54.1 Å². The molecular weight excluding hydrogens is 354 g/mol. The van der Waals surface area contributed by atoms with Crippen molar-refractivity contribution < 1.29 is 9.72 Å². The molecule has 0 saturated carbocycles. The molecule has 2 aromatic rings. The Morgan fingerprint density at radius 3 is 2.35 bits per heavy atom. The Morgan fingerprint density at radius 1 is 1.04 bits per heavy atom. The lowest BCUT2D eigenvalue weighted by atomic mass is 10.1. The second-order valence-corrected chi connectivity index (χ2v) is 6.90. The lowest BCUT2D eigenvalue weighted by Crippen LogP contribution is -2.49. The average molecular weight is 374 g/mol. The fraction of sp³-hybridized carbons (Fsp3) is 0.316. The van der Waals surface area contributed by atoms with E-state index in [2.05, 4.69) is 4.90 Å². The minimum Gasteiger partial charge on any atom is -0.368 e. The highest BCUT2D eigenvalue weighted by Gasteiger charge is 2.24. The second-order valence-electron chi connectivity index (χ2n) is 6.47. The number of nitro groups is 1. The van der Waals surface area contributed by atoms with E-state index in [1.807, 2.05) is 25.1 Å². The normalized spacial score (nSPS) is 14.4. The minimum atomic E-state index is -0.435. The molecule has 0 aromatic heterocycles. The van der Waals surface area contributed by atoms with Crippen molar-refractivity contribution in [1.82, 2.24) is 4.90 Å². The van der Waals surface area contributed by atoms with Crippen LogP contribution < -0.4 is 4.90 Å². The SMILES string of the molecule is Cc1ccc(Cl)cc1N1CCN(C(=O)c2ccc([N+](=O)[O-])c(C)c2)CC1. The molecule has 0 radical (unpaired) electrons. The molecule has 1 aliphatic heterocycles. The zero-order valence-electron chi connectivity index (χ0n) is 14.7. The maximum absolute atomic E-state index is 12.7. The van der Waals surface area contributed by atoms with Gasteiger partial charge in [-0.15, -0.1) is 0 Å². The number of halogens is 1. The van der Waals surface area contributed by atoms with E-state index in [0.717, 1.165) is 24.3 Å². The number of carbonyl (C=O) groups excluding carboxylic acids is 1. The molecule has 0 N–H and O–H groups in total. The summed E-state index contributed by atoms with van der Waals surface area (Å²) < 4.78 is 0. The number of rotatable bonds is 3. The summed E-state index contributed by atoms with van der Waals surface area (Å²) in [5.74, 6) is -0.0922. The third kappa shape index (κ3) is 3.65. The monoisotopic (exact) mass is 373 g/mol. The van der Waals surface area contributed by atoms with E-state index >= 15 is 0 Å². The lowest BCUT2D eigenvalue weighted by molar-refractivity contribution is -0.385. The van der Waals surface area contributed by atoms with Gasteiger partial charge in [-0.3, -0.25) is 14.9 Å². The maximum atomic E-state index is 12.7. The first kappa shape index (κ1) is 18.2. The summed E-state index contributed by atoms with van der Waals surface area (Å²) in [6.45, 7) is 6.33. The molecule has 0 aliphatic carbocycles. The molecule has 1 heterocycles. The number of piperazine rings is 1. The van der Waals surface area contributed by atoms with Crippen LogP contribution in [0.1, 0.15) is 21.5 Å². The van der Waals surface area contributed by atoms with Crippen molar-refractivity contribution in [3.05, 3.63) is 68.2 Å². The molecule has 136 valence electrons. The molecule has 6 nitrogen and oxygen atoms in total. The van der Waals surface area contributed by atoms with Crippen molar-refractivity contribution in [2.24, 2.45) is 0 Å².